The number of carbonyl (C=O) groups excluding carboxylic acids is 3. The lowest BCUT2D eigenvalue weighted by molar-refractivity contribution is -0.167. The summed E-state index contributed by atoms with van der Waals surface area (Å²) in [5.41, 5.74) is 0. The van der Waals surface area contributed by atoms with Crippen LogP contribution in [0.3, 0.4) is 0 Å². The van der Waals surface area contributed by atoms with Crippen molar-refractivity contribution in [2.75, 3.05) is 13.2 Å². The summed E-state index contributed by atoms with van der Waals surface area (Å²) in [6.45, 7) is 6.53. The van der Waals surface area contributed by atoms with Gasteiger partial charge in [0.2, 0.25) is 0 Å². The Labute approximate surface area is 278 Å². The Bertz CT molecular complexity index is 664. The number of ether oxygens (including phenoxy) is 3. The number of rotatable bonds is 35. The molecule has 0 unspecified atom stereocenters. The van der Waals surface area contributed by atoms with Crippen LogP contribution >= 0.6 is 0 Å². The first-order valence-corrected chi connectivity index (χ1v) is 19.5. The lowest BCUT2D eigenvalue weighted by Crippen LogP contribution is -2.30. The Hall–Kier alpha value is -1.59. The molecule has 0 bridgehead atoms. The van der Waals surface area contributed by atoms with Gasteiger partial charge in [-0.15, -0.1) is 0 Å². The van der Waals surface area contributed by atoms with E-state index in [0.717, 1.165) is 64.2 Å². The molecular formula is C39H74O6. The molecular weight excluding hydrogens is 564 g/mol. The molecule has 0 heterocycles. The molecule has 45 heavy (non-hydrogen) atoms. The second-order valence-electron chi connectivity index (χ2n) is 13.2. The van der Waals surface area contributed by atoms with Gasteiger partial charge in [-0.25, -0.2) is 0 Å². The summed E-state index contributed by atoms with van der Waals surface area (Å²) in [6.07, 6.45) is 32.5. The lowest BCUT2D eigenvalue weighted by Gasteiger charge is -2.18. The highest BCUT2D eigenvalue weighted by molar-refractivity contribution is 5.71. The van der Waals surface area contributed by atoms with Crippen molar-refractivity contribution >= 4 is 17.9 Å². The second kappa shape index (κ2) is 35.3. The quantitative estimate of drug-likeness (QED) is 0.0390. The number of unbranched alkanes of at least 4 members (excludes halogenated alkanes) is 24. The lowest BCUT2D eigenvalue weighted by atomic mass is 10.0. The van der Waals surface area contributed by atoms with E-state index in [-0.39, 0.29) is 31.1 Å². The predicted octanol–water partition coefficient (Wildman–Crippen LogP) is 11.7. The van der Waals surface area contributed by atoms with E-state index in [1.165, 1.54) is 109 Å². The minimum absolute atomic E-state index is 0.0649. The van der Waals surface area contributed by atoms with E-state index >= 15 is 0 Å². The van der Waals surface area contributed by atoms with E-state index in [9.17, 15) is 14.4 Å². The van der Waals surface area contributed by atoms with Crippen LogP contribution in [0.4, 0.5) is 0 Å². The molecule has 0 radical (unpaired) electrons. The number of esters is 3. The second-order valence-corrected chi connectivity index (χ2v) is 13.2. The summed E-state index contributed by atoms with van der Waals surface area (Å²) in [4.78, 5) is 37.2. The van der Waals surface area contributed by atoms with E-state index in [2.05, 4.69) is 20.8 Å². The van der Waals surface area contributed by atoms with Crippen LogP contribution in [-0.4, -0.2) is 37.2 Å². The van der Waals surface area contributed by atoms with Crippen molar-refractivity contribution in [1.29, 1.82) is 0 Å². The molecule has 0 fully saturated rings. The summed E-state index contributed by atoms with van der Waals surface area (Å²) < 4.78 is 16.5. The number of carbonyl (C=O) groups is 3. The summed E-state index contributed by atoms with van der Waals surface area (Å²) >= 11 is 0. The fraction of sp³-hybridized carbons (Fsp3) is 0.923. The summed E-state index contributed by atoms with van der Waals surface area (Å²) in [6, 6.07) is 0. The van der Waals surface area contributed by atoms with Crippen molar-refractivity contribution in [3.8, 4) is 0 Å². The van der Waals surface area contributed by atoms with Crippen LogP contribution < -0.4 is 0 Å². The highest BCUT2D eigenvalue weighted by atomic mass is 16.6. The first-order chi connectivity index (χ1) is 22.0. The molecule has 266 valence electrons. The largest absolute Gasteiger partial charge is 0.462 e. The molecule has 0 saturated heterocycles. The highest BCUT2D eigenvalue weighted by Crippen LogP contribution is 2.14. The van der Waals surface area contributed by atoms with Crippen LogP contribution in [0.25, 0.3) is 0 Å². The van der Waals surface area contributed by atoms with E-state index in [4.69, 9.17) is 14.2 Å². The smallest absolute Gasteiger partial charge is 0.306 e. The zero-order valence-electron chi connectivity index (χ0n) is 30.2. The van der Waals surface area contributed by atoms with E-state index < -0.39 is 6.10 Å². The molecule has 6 heteroatoms. The molecule has 0 spiro atoms. The fourth-order valence-corrected chi connectivity index (χ4v) is 5.62. The van der Waals surface area contributed by atoms with Gasteiger partial charge in [0.05, 0.1) is 0 Å². The topological polar surface area (TPSA) is 78.9 Å². The van der Waals surface area contributed by atoms with Gasteiger partial charge in [0.1, 0.15) is 13.2 Å². The van der Waals surface area contributed by atoms with Crippen LogP contribution in [0.1, 0.15) is 213 Å². The summed E-state index contributed by atoms with van der Waals surface area (Å²) in [5.74, 6) is -0.877. The van der Waals surface area contributed by atoms with E-state index in [1.807, 2.05) is 0 Å². The third-order valence-corrected chi connectivity index (χ3v) is 8.61. The maximum Gasteiger partial charge on any atom is 0.306 e. The Morgan fingerprint density at radius 3 is 0.889 bits per heavy atom. The number of hydrogen-bond acceptors (Lipinski definition) is 6. The molecule has 0 aromatic rings. The van der Waals surface area contributed by atoms with Crippen LogP contribution in [0.2, 0.25) is 0 Å². The van der Waals surface area contributed by atoms with Gasteiger partial charge in [0.15, 0.2) is 6.10 Å². The van der Waals surface area contributed by atoms with Crippen molar-refractivity contribution in [2.45, 2.75) is 219 Å². The minimum atomic E-state index is -0.754. The number of hydrogen-bond donors (Lipinski definition) is 0. The van der Waals surface area contributed by atoms with E-state index in [0.29, 0.717) is 19.3 Å². The molecule has 0 N–H and O–H groups in total. The van der Waals surface area contributed by atoms with Crippen LogP contribution in [0.5, 0.6) is 0 Å². The van der Waals surface area contributed by atoms with Gasteiger partial charge in [-0.2, -0.15) is 0 Å². The molecule has 0 aliphatic heterocycles. The monoisotopic (exact) mass is 639 g/mol. The van der Waals surface area contributed by atoms with Crippen LogP contribution in [0.15, 0.2) is 0 Å². The van der Waals surface area contributed by atoms with Crippen molar-refractivity contribution in [2.24, 2.45) is 0 Å². The fourth-order valence-electron chi connectivity index (χ4n) is 5.62. The van der Waals surface area contributed by atoms with Gasteiger partial charge in [-0.1, -0.05) is 175 Å². The zero-order valence-corrected chi connectivity index (χ0v) is 30.2. The third kappa shape index (κ3) is 33.6. The molecule has 0 amide bonds. The summed E-state index contributed by atoms with van der Waals surface area (Å²) in [7, 11) is 0. The highest BCUT2D eigenvalue weighted by Gasteiger charge is 2.19. The van der Waals surface area contributed by atoms with Gasteiger partial charge < -0.3 is 14.2 Å². The summed E-state index contributed by atoms with van der Waals surface area (Å²) in [5, 5.41) is 0. The Balaban J connectivity index is 4.26. The minimum Gasteiger partial charge on any atom is -0.462 e. The third-order valence-electron chi connectivity index (χ3n) is 8.61. The van der Waals surface area contributed by atoms with Crippen molar-refractivity contribution < 1.29 is 28.6 Å². The average molecular weight is 639 g/mol. The van der Waals surface area contributed by atoms with Crippen molar-refractivity contribution in [3.63, 3.8) is 0 Å². The first-order valence-electron chi connectivity index (χ1n) is 19.5. The molecule has 0 aliphatic carbocycles. The molecule has 0 aromatic heterocycles. The molecule has 0 rings (SSSR count). The van der Waals surface area contributed by atoms with Crippen molar-refractivity contribution in [3.05, 3.63) is 0 Å². The van der Waals surface area contributed by atoms with E-state index in [1.54, 1.807) is 0 Å². The molecule has 0 aliphatic rings. The molecule has 0 aromatic carbocycles. The standard InChI is InChI=1S/C39H74O6/c1-4-7-10-13-15-17-19-20-22-24-27-30-33-39(42)45-36(34-43-37(40)31-28-25-12-9-6-3)35-44-38(41)32-29-26-23-21-18-16-14-11-8-5-2/h36H,4-35H2,1-3H3/t36-/m0/s1. The van der Waals surface area contributed by atoms with Crippen LogP contribution in [-0.2, 0) is 28.6 Å². The Kier molecular flexibility index (Phi) is 34.0. The average Bonchev–Trinajstić information content (AvgIpc) is 3.03. The molecule has 6 nitrogen and oxygen atoms in total. The van der Waals surface area contributed by atoms with Gasteiger partial charge in [-0.3, -0.25) is 14.4 Å². The van der Waals surface area contributed by atoms with Gasteiger partial charge >= 0.3 is 17.9 Å². The SMILES string of the molecule is CCCCCCCCCCCCCCC(=O)O[C@@H](COC(=O)CCCCCCC)COC(=O)CCCCCCCCCCCC. The van der Waals surface area contributed by atoms with Gasteiger partial charge in [0, 0.05) is 19.3 Å². The molecule has 0 saturated carbocycles. The first kappa shape index (κ1) is 43.4. The Morgan fingerprint density at radius 1 is 0.356 bits per heavy atom. The van der Waals surface area contributed by atoms with Crippen molar-refractivity contribution in [1.82, 2.24) is 0 Å². The molecule has 1 atom stereocenters. The maximum absolute atomic E-state index is 12.6. The maximum atomic E-state index is 12.6. The normalized spacial score (nSPS) is 11.8. The predicted molar refractivity (Wildman–Crippen MR) is 187 cm³/mol. The Morgan fingerprint density at radius 2 is 0.600 bits per heavy atom. The van der Waals surface area contributed by atoms with Crippen LogP contribution in [0, 0.1) is 0 Å². The van der Waals surface area contributed by atoms with Gasteiger partial charge in [0.25, 0.3) is 0 Å². The van der Waals surface area contributed by atoms with Gasteiger partial charge in [-0.05, 0) is 19.3 Å². The zero-order chi connectivity index (χ0) is 33.1.